The number of hydrogen-bond acceptors (Lipinski definition) is 4. The van der Waals surface area contributed by atoms with Gasteiger partial charge in [0.1, 0.15) is 0 Å². The highest BCUT2D eigenvalue weighted by molar-refractivity contribution is 5.92. The summed E-state index contributed by atoms with van der Waals surface area (Å²) in [6.45, 7) is 5.00. The molecule has 2 aromatic heterocycles. The Hall–Kier alpha value is -3.15. The van der Waals surface area contributed by atoms with Crippen molar-refractivity contribution in [1.29, 1.82) is 0 Å². The van der Waals surface area contributed by atoms with Crippen LogP contribution >= 0.6 is 0 Å². The molecule has 0 aliphatic carbocycles. The van der Waals surface area contributed by atoms with Gasteiger partial charge in [-0.25, -0.2) is 9.67 Å². The fourth-order valence-electron chi connectivity index (χ4n) is 2.68. The second-order valence-electron chi connectivity index (χ2n) is 6.27. The first kappa shape index (κ1) is 18.6. The van der Waals surface area contributed by atoms with Crippen molar-refractivity contribution >= 4 is 5.91 Å². The first-order valence-electron chi connectivity index (χ1n) is 9.16. The molecule has 0 unspecified atom stereocenters. The molecule has 0 saturated carbocycles. The first-order valence-corrected chi connectivity index (χ1v) is 9.16. The van der Waals surface area contributed by atoms with Crippen molar-refractivity contribution in [3.8, 4) is 11.6 Å². The van der Waals surface area contributed by atoms with Crippen molar-refractivity contribution in [3.05, 3.63) is 71.7 Å². The Bertz CT molecular complexity index is 890. The van der Waals surface area contributed by atoms with Crippen LogP contribution in [-0.4, -0.2) is 27.3 Å². The second kappa shape index (κ2) is 8.98. The summed E-state index contributed by atoms with van der Waals surface area (Å²) in [5.74, 6) is 0.341. The van der Waals surface area contributed by atoms with Gasteiger partial charge in [-0.2, -0.15) is 5.10 Å². The zero-order valence-electron chi connectivity index (χ0n) is 15.7. The Labute approximate surface area is 159 Å². The summed E-state index contributed by atoms with van der Waals surface area (Å²) in [5, 5.41) is 7.34. The molecule has 0 fully saturated rings. The van der Waals surface area contributed by atoms with Crippen LogP contribution in [0.3, 0.4) is 0 Å². The van der Waals surface area contributed by atoms with Crippen molar-refractivity contribution in [2.75, 3.05) is 6.61 Å². The molecule has 0 bridgehead atoms. The molecule has 0 radical (unpaired) electrons. The lowest BCUT2D eigenvalue weighted by Crippen LogP contribution is -2.24. The van der Waals surface area contributed by atoms with Crippen LogP contribution in [0.15, 0.2) is 54.7 Å². The van der Waals surface area contributed by atoms with Gasteiger partial charge in [-0.3, -0.25) is 4.79 Å². The van der Waals surface area contributed by atoms with E-state index < -0.39 is 0 Å². The van der Waals surface area contributed by atoms with Crippen LogP contribution < -0.4 is 10.1 Å². The summed E-state index contributed by atoms with van der Waals surface area (Å²) in [7, 11) is 0. The van der Waals surface area contributed by atoms with E-state index in [1.165, 1.54) is 0 Å². The smallest absolute Gasteiger partial charge is 0.272 e. The lowest BCUT2D eigenvalue weighted by molar-refractivity contribution is 0.0945. The zero-order valence-corrected chi connectivity index (χ0v) is 15.7. The van der Waals surface area contributed by atoms with Crippen molar-refractivity contribution in [3.63, 3.8) is 0 Å². The van der Waals surface area contributed by atoms with Gasteiger partial charge in [-0.1, -0.05) is 37.6 Å². The van der Waals surface area contributed by atoms with Crippen molar-refractivity contribution in [2.24, 2.45) is 0 Å². The van der Waals surface area contributed by atoms with Crippen LogP contribution in [0.5, 0.6) is 5.88 Å². The van der Waals surface area contributed by atoms with Gasteiger partial charge in [0.15, 0.2) is 5.69 Å². The molecule has 0 spiro atoms. The number of carbonyl (C=O) groups is 1. The summed E-state index contributed by atoms with van der Waals surface area (Å²) in [6, 6.07) is 15.3. The molecular formula is C21H24N4O2. The third-order valence-corrected chi connectivity index (χ3v) is 4.15. The molecule has 6 nitrogen and oxygen atoms in total. The van der Waals surface area contributed by atoms with E-state index in [1.807, 2.05) is 49.4 Å². The number of aromatic nitrogens is 3. The maximum atomic E-state index is 12.5. The van der Waals surface area contributed by atoms with Crippen LogP contribution in [0.1, 0.15) is 41.5 Å². The highest BCUT2D eigenvalue weighted by atomic mass is 16.5. The number of rotatable bonds is 8. The number of nitrogens with zero attached hydrogens (tertiary/aromatic N) is 3. The van der Waals surface area contributed by atoms with Gasteiger partial charge >= 0.3 is 0 Å². The molecule has 27 heavy (non-hydrogen) atoms. The minimum absolute atomic E-state index is 0.226. The number of para-hydroxylation sites is 1. The van der Waals surface area contributed by atoms with Crippen LogP contribution in [-0.2, 0) is 6.54 Å². The van der Waals surface area contributed by atoms with Gasteiger partial charge in [-0.15, -0.1) is 0 Å². The van der Waals surface area contributed by atoms with E-state index in [9.17, 15) is 4.79 Å². The summed E-state index contributed by atoms with van der Waals surface area (Å²) >= 11 is 0. The average Bonchev–Trinajstić information content (AvgIpc) is 3.09. The lowest BCUT2D eigenvalue weighted by atomic mass is 10.2. The molecule has 3 rings (SSSR count). The number of nitrogens with one attached hydrogen (secondary N) is 1. The molecule has 1 aromatic carbocycles. The molecular weight excluding hydrogens is 340 g/mol. The largest absolute Gasteiger partial charge is 0.477 e. The molecule has 0 aliphatic rings. The van der Waals surface area contributed by atoms with E-state index in [4.69, 9.17) is 4.74 Å². The SMILES string of the molecule is CCCCOc1ncccc1CNC(=O)c1cc(C)n(-c2ccccc2)n1. The summed E-state index contributed by atoms with van der Waals surface area (Å²) in [4.78, 5) is 16.8. The van der Waals surface area contributed by atoms with Crippen LogP contribution in [0.4, 0.5) is 0 Å². The van der Waals surface area contributed by atoms with E-state index in [-0.39, 0.29) is 5.91 Å². The second-order valence-corrected chi connectivity index (χ2v) is 6.27. The molecule has 1 N–H and O–H groups in total. The van der Waals surface area contributed by atoms with E-state index in [2.05, 4.69) is 22.3 Å². The van der Waals surface area contributed by atoms with Gasteiger partial charge in [0.2, 0.25) is 5.88 Å². The van der Waals surface area contributed by atoms with Crippen molar-refractivity contribution < 1.29 is 9.53 Å². The fourth-order valence-corrected chi connectivity index (χ4v) is 2.68. The van der Waals surface area contributed by atoms with E-state index in [1.54, 1.807) is 16.9 Å². The Morgan fingerprint density at radius 3 is 2.78 bits per heavy atom. The normalized spacial score (nSPS) is 10.6. The standard InChI is InChI=1S/C21H24N4O2/c1-3-4-13-27-21-17(9-8-12-22-21)15-23-20(26)19-14-16(2)25(24-19)18-10-6-5-7-11-18/h5-12,14H,3-4,13,15H2,1-2H3,(H,23,26). The predicted molar refractivity (Wildman–Crippen MR) is 104 cm³/mol. The highest BCUT2D eigenvalue weighted by Gasteiger charge is 2.14. The Kier molecular flexibility index (Phi) is 6.20. The molecule has 140 valence electrons. The zero-order chi connectivity index (χ0) is 19.1. The molecule has 0 saturated heterocycles. The number of pyridine rings is 1. The molecule has 3 aromatic rings. The number of hydrogen-bond donors (Lipinski definition) is 1. The molecule has 1 amide bonds. The average molecular weight is 364 g/mol. The number of ether oxygens (including phenoxy) is 1. The van der Waals surface area contributed by atoms with E-state index in [0.717, 1.165) is 29.8 Å². The fraction of sp³-hybridized carbons (Fsp3) is 0.286. The lowest BCUT2D eigenvalue weighted by Gasteiger charge is -2.10. The summed E-state index contributed by atoms with van der Waals surface area (Å²) in [6.07, 6.45) is 3.72. The Morgan fingerprint density at radius 1 is 1.19 bits per heavy atom. The number of unbranched alkanes of at least 4 members (excludes halogenated alkanes) is 1. The van der Waals surface area contributed by atoms with Crippen LogP contribution in [0, 0.1) is 6.92 Å². The topological polar surface area (TPSA) is 69.0 Å². The maximum Gasteiger partial charge on any atom is 0.272 e. The summed E-state index contributed by atoms with van der Waals surface area (Å²) < 4.78 is 7.48. The monoisotopic (exact) mass is 364 g/mol. The van der Waals surface area contributed by atoms with Crippen molar-refractivity contribution in [1.82, 2.24) is 20.1 Å². The van der Waals surface area contributed by atoms with Crippen molar-refractivity contribution in [2.45, 2.75) is 33.2 Å². The Morgan fingerprint density at radius 2 is 2.00 bits per heavy atom. The highest BCUT2D eigenvalue weighted by Crippen LogP contribution is 2.15. The van der Waals surface area contributed by atoms with Gasteiger partial charge in [0.05, 0.1) is 12.3 Å². The Balaban J connectivity index is 1.67. The number of amides is 1. The molecule has 0 aliphatic heterocycles. The van der Waals surface area contributed by atoms with Gasteiger partial charge in [-0.05, 0) is 37.6 Å². The molecule has 6 heteroatoms. The van der Waals surface area contributed by atoms with E-state index >= 15 is 0 Å². The number of aryl methyl sites for hydroxylation is 1. The van der Waals surface area contributed by atoms with E-state index in [0.29, 0.717) is 24.7 Å². The minimum atomic E-state index is -0.226. The number of carbonyl (C=O) groups excluding carboxylic acids is 1. The maximum absolute atomic E-state index is 12.5. The third-order valence-electron chi connectivity index (χ3n) is 4.15. The van der Waals surface area contributed by atoms with Crippen LogP contribution in [0.2, 0.25) is 0 Å². The molecule has 2 heterocycles. The van der Waals surface area contributed by atoms with Gasteiger partial charge in [0, 0.05) is 24.0 Å². The minimum Gasteiger partial charge on any atom is -0.477 e. The first-order chi connectivity index (χ1) is 13.2. The third kappa shape index (κ3) is 4.73. The van der Waals surface area contributed by atoms with Crippen LogP contribution in [0.25, 0.3) is 5.69 Å². The molecule has 0 atom stereocenters. The quantitative estimate of drug-likeness (QED) is 0.619. The van der Waals surface area contributed by atoms with Gasteiger partial charge < -0.3 is 10.1 Å². The van der Waals surface area contributed by atoms with Gasteiger partial charge in [0.25, 0.3) is 5.91 Å². The number of benzene rings is 1. The predicted octanol–water partition coefficient (Wildman–Crippen LogP) is 3.68. The summed E-state index contributed by atoms with van der Waals surface area (Å²) in [5.41, 5.74) is 3.05.